The second-order valence-corrected chi connectivity index (χ2v) is 6.92. The number of carbonyl (C=O) groups is 1. The van der Waals surface area contributed by atoms with Crippen molar-refractivity contribution in [3.05, 3.63) is 29.8 Å². The Kier molecular flexibility index (Phi) is 3.86. The van der Waals surface area contributed by atoms with Gasteiger partial charge in [0.1, 0.15) is 11.4 Å². The maximum Gasteiger partial charge on any atom is 0.240 e. The van der Waals surface area contributed by atoms with Crippen LogP contribution in [-0.4, -0.2) is 17.0 Å². The molecule has 120 valence electrons. The highest BCUT2D eigenvalue weighted by Gasteiger charge is 2.49. The van der Waals surface area contributed by atoms with E-state index in [1.165, 1.54) is 12.8 Å². The van der Waals surface area contributed by atoms with Gasteiger partial charge in [-0.3, -0.25) is 4.79 Å². The van der Waals surface area contributed by atoms with Crippen LogP contribution in [0.5, 0.6) is 5.75 Å². The average molecular weight is 323 g/mol. The van der Waals surface area contributed by atoms with Crippen LogP contribution in [0.1, 0.15) is 56.6 Å². The number of hydrogen-bond donors (Lipinski definition) is 2. The third-order valence-corrected chi connectivity index (χ3v) is 5.26. The molecule has 2 saturated carbocycles. The lowest BCUT2D eigenvalue weighted by atomic mass is 9.85. The third-order valence-electron chi connectivity index (χ3n) is 5.26. The molecule has 1 aromatic carbocycles. The predicted octanol–water partition coefficient (Wildman–Crippen LogP) is 2.85. The van der Waals surface area contributed by atoms with Crippen molar-refractivity contribution in [1.82, 2.24) is 5.32 Å². The number of amides is 1. The highest BCUT2D eigenvalue weighted by Crippen LogP contribution is 2.47. The summed E-state index contributed by atoms with van der Waals surface area (Å²) in [6.45, 7) is 0. The summed E-state index contributed by atoms with van der Waals surface area (Å²) >= 11 is 0. The monoisotopic (exact) mass is 322 g/mol. The van der Waals surface area contributed by atoms with E-state index in [0.717, 1.165) is 43.4 Å². The van der Waals surface area contributed by atoms with Gasteiger partial charge in [-0.2, -0.15) is 0 Å². The summed E-state index contributed by atoms with van der Waals surface area (Å²) in [6.07, 6.45) is 7.06. The molecule has 1 unspecified atom stereocenters. The summed E-state index contributed by atoms with van der Waals surface area (Å²) in [4.78, 5) is 12.3. The molecule has 3 N–H and O–H groups in total. The van der Waals surface area contributed by atoms with Crippen molar-refractivity contribution in [2.45, 2.75) is 62.1 Å². The zero-order valence-corrected chi connectivity index (χ0v) is 13.5. The van der Waals surface area contributed by atoms with Crippen molar-refractivity contribution in [2.24, 2.45) is 5.73 Å². The zero-order valence-electron chi connectivity index (χ0n) is 12.6. The first kappa shape index (κ1) is 15.6. The molecular weight excluding hydrogens is 300 g/mol. The summed E-state index contributed by atoms with van der Waals surface area (Å²) < 4.78 is 6.31. The lowest BCUT2D eigenvalue weighted by Crippen LogP contribution is -2.48. The number of fused-ring (bicyclic) bond motifs is 1. The molecule has 1 aromatic rings. The fraction of sp³-hybridized carbons (Fsp3) is 0.588. The van der Waals surface area contributed by atoms with Crippen molar-refractivity contribution < 1.29 is 9.53 Å². The van der Waals surface area contributed by atoms with Crippen LogP contribution in [0.3, 0.4) is 0 Å². The molecular formula is C17H23ClN2O2. The Labute approximate surface area is 137 Å². The molecule has 4 rings (SSSR count). The van der Waals surface area contributed by atoms with E-state index in [0.29, 0.717) is 0 Å². The van der Waals surface area contributed by atoms with Crippen LogP contribution in [0.25, 0.3) is 0 Å². The van der Waals surface area contributed by atoms with Crippen LogP contribution >= 0.6 is 12.4 Å². The van der Waals surface area contributed by atoms with E-state index in [4.69, 9.17) is 10.5 Å². The fourth-order valence-corrected chi connectivity index (χ4v) is 3.74. The Balaban J connectivity index is 0.00000144. The highest BCUT2D eigenvalue weighted by atomic mass is 35.5. The molecule has 4 nitrogen and oxygen atoms in total. The van der Waals surface area contributed by atoms with E-state index in [-0.39, 0.29) is 30.0 Å². The van der Waals surface area contributed by atoms with Gasteiger partial charge in [0.2, 0.25) is 5.91 Å². The number of carbonyl (C=O) groups excluding carboxylic acids is 1. The Hall–Kier alpha value is -1.26. The van der Waals surface area contributed by atoms with Crippen molar-refractivity contribution in [3.8, 4) is 5.75 Å². The molecule has 2 fully saturated rings. The van der Waals surface area contributed by atoms with Gasteiger partial charge >= 0.3 is 0 Å². The second-order valence-electron chi connectivity index (χ2n) is 6.92. The number of benzene rings is 1. The number of nitrogens with two attached hydrogens (primary N) is 1. The van der Waals surface area contributed by atoms with Crippen molar-refractivity contribution in [2.75, 3.05) is 0 Å². The topological polar surface area (TPSA) is 64.4 Å². The van der Waals surface area contributed by atoms with Crippen LogP contribution in [0.4, 0.5) is 0 Å². The summed E-state index contributed by atoms with van der Waals surface area (Å²) in [5, 5.41) is 3.18. The highest BCUT2D eigenvalue weighted by molar-refractivity contribution is 5.89. The first-order valence-electron chi connectivity index (χ1n) is 7.98. The number of halogens is 1. The van der Waals surface area contributed by atoms with E-state index in [1.54, 1.807) is 0 Å². The minimum Gasteiger partial charge on any atom is -0.487 e. The standard InChI is InChI=1S/C17H22N2O2.ClH/c18-17(9-10-17)15(20)19-13-11-16(7-3-4-8-16)21-14-6-2-1-5-12(13)14;/h1-2,5-6,13H,3-4,7-11,18H2,(H,19,20);1H. The minimum absolute atomic E-state index is 0. The van der Waals surface area contributed by atoms with Gasteiger partial charge in [-0.25, -0.2) is 0 Å². The molecule has 1 spiro atoms. The van der Waals surface area contributed by atoms with Gasteiger partial charge in [-0.1, -0.05) is 18.2 Å². The van der Waals surface area contributed by atoms with Crippen molar-refractivity contribution in [1.29, 1.82) is 0 Å². The second kappa shape index (κ2) is 5.43. The number of nitrogens with one attached hydrogen (secondary N) is 1. The lowest BCUT2D eigenvalue weighted by Gasteiger charge is -2.40. The van der Waals surface area contributed by atoms with E-state index in [1.807, 2.05) is 18.2 Å². The molecule has 0 radical (unpaired) electrons. The number of rotatable bonds is 2. The van der Waals surface area contributed by atoms with Gasteiger partial charge in [0, 0.05) is 12.0 Å². The molecule has 2 aliphatic carbocycles. The zero-order chi connectivity index (χ0) is 14.5. The molecule has 0 aromatic heterocycles. The maximum atomic E-state index is 12.3. The van der Waals surface area contributed by atoms with Crippen molar-refractivity contribution >= 4 is 18.3 Å². The summed E-state index contributed by atoms with van der Waals surface area (Å²) in [5.41, 5.74) is 6.42. The van der Waals surface area contributed by atoms with Crippen LogP contribution in [0.2, 0.25) is 0 Å². The van der Waals surface area contributed by atoms with Gasteiger partial charge < -0.3 is 15.8 Å². The minimum atomic E-state index is -0.615. The molecule has 1 atom stereocenters. The molecule has 1 heterocycles. The third kappa shape index (κ3) is 2.59. The molecule has 22 heavy (non-hydrogen) atoms. The Bertz CT molecular complexity index is 580. The summed E-state index contributed by atoms with van der Waals surface area (Å²) in [5.74, 6) is 0.926. The average Bonchev–Trinajstić information content (AvgIpc) is 3.09. The van der Waals surface area contributed by atoms with Gasteiger partial charge in [-0.15, -0.1) is 12.4 Å². The quantitative estimate of drug-likeness (QED) is 0.880. The first-order chi connectivity index (χ1) is 10.1. The molecule has 3 aliphatic rings. The smallest absolute Gasteiger partial charge is 0.240 e. The van der Waals surface area contributed by atoms with Crippen LogP contribution in [-0.2, 0) is 4.79 Å². The van der Waals surface area contributed by atoms with Gasteiger partial charge in [0.05, 0.1) is 11.6 Å². The summed E-state index contributed by atoms with van der Waals surface area (Å²) in [6, 6.07) is 8.10. The normalized spacial score (nSPS) is 26.5. The largest absolute Gasteiger partial charge is 0.487 e. The summed E-state index contributed by atoms with van der Waals surface area (Å²) in [7, 11) is 0. The SMILES string of the molecule is Cl.NC1(C(=O)NC2CC3(CCCC3)Oc3ccccc32)CC1. The number of para-hydroxylation sites is 1. The Morgan fingerprint density at radius 2 is 1.86 bits per heavy atom. The molecule has 0 bridgehead atoms. The van der Waals surface area contributed by atoms with E-state index in [9.17, 15) is 4.79 Å². The fourth-order valence-electron chi connectivity index (χ4n) is 3.74. The first-order valence-corrected chi connectivity index (χ1v) is 7.98. The molecule has 1 amide bonds. The Morgan fingerprint density at radius 3 is 2.55 bits per heavy atom. The molecule has 1 aliphatic heterocycles. The lowest BCUT2D eigenvalue weighted by molar-refractivity contribution is -0.124. The maximum absolute atomic E-state index is 12.3. The predicted molar refractivity (Wildman–Crippen MR) is 87.2 cm³/mol. The van der Waals surface area contributed by atoms with E-state index >= 15 is 0 Å². The van der Waals surface area contributed by atoms with Gasteiger partial charge in [0.15, 0.2) is 0 Å². The molecule has 5 heteroatoms. The van der Waals surface area contributed by atoms with Gasteiger partial charge in [-0.05, 0) is 44.6 Å². The molecule has 0 saturated heterocycles. The van der Waals surface area contributed by atoms with Crippen molar-refractivity contribution in [3.63, 3.8) is 0 Å². The Morgan fingerprint density at radius 1 is 1.18 bits per heavy atom. The van der Waals surface area contributed by atoms with E-state index in [2.05, 4.69) is 11.4 Å². The van der Waals surface area contributed by atoms with Gasteiger partial charge in [0.25, 0.3) is 0 Å². The van der Waals surface area contributed by atoms with Crippen LogP contribution in [0, 0.1) is 0 Å². The number of ether oxygens (including phenoxy) is 1. The van der Waals surface area contributed by atoms with Crippen LogP contribution < -0.4 is 15.8 Å². The van der Waals surface area contributed by atoms with Crippen LogP contribution in [0.15, 0.2) is 24.3 Å². The van der Waals surface area contributed by atoms with E-state index < -0.39 is 5.54 Å². The number of hydrogen-bond acceptors (Lipinski definition) is 3.